The van der Waals surface area contributed by atoms with Gasteiger partial charge in [-0.25, -0.2) is 9.97 Å². The molecule has 1 fully saturated rings. The molecule has 138 valence electrons. The Morgan fingerprint density at radius 3 is 2.73 bits per heavy atom. The average molecular weight is 391 g/mol. The second-order valence-corrected chi connectivity index (χ2v) is 7.75. The molecule has 0 atom stereocenters. The third-order valence-corrected chi connectivity index (χ3v) is 5.54. The van der Waals surface area contributed by atoms with Crippen LogP contribution in [0.2, 0.25) is 5.15 Å². The number of thioether (sulfide) groups is 1. The number of anilines is 1. The summed E-state index contributed by atoms with van der Waals surface area (Å²) in [6, 6.07) is 7.39. The summed E-state index contributed by atoms with van der Waals surface area (Å²) in [4.78, 5) is 23.5. The molecule has 0 saturated carbocycles. The zero-order valence-electron chi connectivity index (χ0n) is 15.0. The van der Waals surface area contributed by atoms with Crippen LogP contribution in [0.3, 0.4) is 0 Å². The first-order valence-electron chi connectivity index (χ1n) is 8.75. The van der Waals surface area contributed by atoms with Crippen molar-refractivity contribution in [3.8, 4) is 0 Å². The van der Waals surface area contributed by atoms with Crippen LogP contribution in [0, 0.1) is 5.92 Å². The van der Waals surface area contributed by atoms with Crippen molar-refractivity contribution in [1.29, 1.82) is 0 Å². The van der Waals surface area contributed by atoms with E-state index in [1.54, 1.807) is 12.1 Å². The molecule has 0 aliphatic carbocycles. The molecule has 0 aromatic carbocycles. The molecular weight excluding hydrogens is 368 g/mol. The van der Waals surface area contributed by atoms with Gasteiger partial charge in [-0.1, -0.05) is 24.6 Å². The van der Waals surface area contributed by atoms with E-state index < -0.39 is 0 Å². The molecule has 3 heterocycles. The number of hydrogen-bond donors (Lipinski definition) is 1. The van der Waals surface area contributed by atoms with Crippen LogP contribution in [0.4, 0.5) is 5.82 Å². The predicted molar refractivity (Wildman–Crippen MR) is 107 cm³/mol. The Balaban J connectivity index is 1.59. The number of nitrogens with zero attached hydrogens (tertiary/aromatic N) is 3. The highest BCUT2D eigenvalue weighted by molar-refractivity contribution is 7.98. The molecule has 0 unspecified atom stereocenters. The van der Waals surface area contributed by atoms with E-state index in [4.69, 9.17) is 11.6 Å². The fourth-order valence-electron chi connectivity index (χ4n) is 2.97. The number of amides is 1. The third-order valence-electron chi connectivity index (χ3n) is 4.63. The number of rotatable bonds is 5. The molecule has 0 bridgehead atoms. The number of carbonyl (C=O) groups is 1. The van der Waals surface area contributed by atoms with E-state index in [0.29, 0.717) is 22.3 Å². The van der Waals surface area contributed by atoms with E-state index >= 15 is 0 Å². The molecule has 2 aromatic heterocycles. The van der Waals surface area contributed by atoms with Gasteiger partial charge in [-0.15, -0.1) is 11.8 Å². The van der Waals surface area contributed by atoms with Gasteiger partial charge < -0.3 is 10.2 Å². The summed E-state index contributed by atoms with van der Waals surface area (Å²) in [7, 11) is 0. The highest BCUT2D eigenvalue weighted by atomic mass is 35.5. The van der Waals surface area contributed by atoms with Crippen LogP contribution in [0.1, 0.15) is 35.7 Å². The van der Waals surface area contributed by atoms with Crippen LogP contribution in [0.15, 0.2) is 35.5 Å². The monoisotopic (exact) mass is 390 g/mol. The fraction of sp³-hybridized carbons (Fsp3) is 0.421. The average Bonchev–Trinajstić information content (AvgIpc) is 2.67. The normalized spacial score (nSPS) is 15.1. The maximum absolute atomic E-state index is 12.4. The van der Waals surface area contributed by atoms with Gasteiger partial charge in [0, 0.05) is 25.8 Å². The Morgan fingerprint density at radius 1 is 1.31 bits per heavy atom. The Morgan fingerprint density at radius 2 is 2.08 bits per heavy atom. The minimum Gasteiger partial charge on any atom is -0.357 e. The van der Waals surface area contributed by atoms with Crippen molar-refractivity contribution in [2.24, 2.45) is 5.92 Å². The quantitative estimate of drug-likeness (QED) is 0.617. The summed E-state index contributed by atoms with van der Waals surface area (Å²) >= 11 is 7.29. The van der Waals surface area contributed by atoms with Crippen molar-refractivity contribution >= 4 is 35.1 Å². The summed E-state index contributed by atoms with van der Waals surface area (Å²) in [5.41, 5.74) is 1.51. The van der Waals surface area contributed by atoms with Crippen LogP contribution >= 0.6 is 23.4 Å². The number of halogens is 1. The SMILES string of the molecule is CSc1nc(Cl)ccc1C(=O)NCc1ccc(N2CCC(C)CC2)nc1. The fourth-order valence-corrected chi connectivity index (χ4v) is 3.74. The van der Waals surface area contributed by atoms with Crippen molar-refractivity contribution < 1.29 is 4.79 Å². The van der Waals surface area contributed by atoms with Crippen LogP contribution in [0.5, 0.6) is 0 Å². The minimum atomic E-state index is -0.160. The smallest absolute Gasteiger partial charge is 0.254 e. The maximum Gasteiger partial charge on any atom is 0.254 e. The van der Waals surface area contributed by atoms with Gasteiger partial charge in [0.2, 0.25) is 0 Å². The number of aromatic nitrogens is 2. The first-order valence-corrected chi connectivity index (χ1v) is 10.4. The molecule has 5 nitrogen and oxygen atoms in total. The highest BCUT2D eigenvalue weighted by Gasteiger charge is 2.17. The Hall–Kier alpha value is -1.79. The highest BCUT2D eigenvalue weighted by Crippen LogP contribution is 2.22. The van der Waals surface area contributed by atoms with Crippen LogP contribution < -0.4 is 10.2 Å². The third kappa shape index (κ3) is 4.68. The molecule has 0 radical (unpaired) electrons. The summed E-state index contributed by atoms with van der Waals surface area (Å²) in [6.07, 6.45) is 6.14. The van der Waals surface area contributed by atoms with Crippen molar-refractivity contribution in [1.82, 2.24) is 15.3 Å². The number of nitrogens with one attached hydrogen (secondary N) is 1. The summed E-state index contributed by atoms with van der Waals surface area (Å²) in [5.74, 6) is 1.65. The van der Waals surface area contributed by atoms with Gasteiger partial charge in [0.15, 0.2) is 0 Å². The van der Waals surface area contributed by atoms with Crippen LogP contribution in [-0.2, 0) is 6.54 Å². The standard InChI is InChI=1S/C19H23ClN4OS/c1-13-7-9-24(10-8-13)17-6-3-14(11-21-17)12-22-18(25)15-4-5-16(20)23-19(15)26-2/h3-6,11,13H,7-10,12H2,1-2H3,(H,22,25). The number of piperidine rings is 1. The van der Waals surface area contributed by atoms with Crippen LogP contribution in [-0.4, -0.2) is 35.2 Å². The molecule has 26 heavy (non-hydrogen) atoms. The van der Waals surface area contributed by atoms with E-state index in [1.165, 1.54) is 24.6 Å². The maximum atomic E-state index is 12.4. The lowest BCUT2D eigenvalue weighted by Gasteiger charge is -2.31. The van der Waals surface area contributed by atoms with Gasteiger partial charge >= 0.3 is 0 Å². The molecule has 1 amide bonds. The van der Waals surface area contributed by atoms with E-state index in [9.17, 15) is 4.79 Å². The van der Waals surface area contributed by atoms with Gasteiger partial charge in [-0.3, -0.25) is 4.79 Å². The lowest BCUT2D eigenvalue weighted by molar-refractivity contribution is 0.0947. The van der Waals surface area contributed by atoms with Crippen molar-refractivity contribution in [2.75, 3.05) is 24.2 Å². The molecule has 7 heteroatoms. The molecule has 0 spiro atoms. The van der Waals surface area contributed by atoms with Gasteiger partial charge in [0.25, 0.3) is 5.91 Å². The zero-order valence-corrected chi connectivity index (χ0v) is 16.6. The largest absolute Gasteiger partial charge is 0.357 e. The second-order valence-electron chi connectivity index (χ2n) is 6.57. The van der Waals surface area contributed by atoms with E-state index in [0.717, 1.165) is 30.4 Å². The van der Waals surface area contributed by atoms with E-state index in [1.807, 2.05) is 24.6 Å². The van der Waals surface area contributed by atoms with E-state index in [-0.39, 0.29) is 5.91 Å². The van der Waals surface area contributed by atoms with Crippen molar-refractivity contribution in [3.05, 3.63) is 46.7 Å². The lowest BCUT2D eigenvalue weighted by Crippen LogP contribution is -2.33. The summed E-state index contributed by atoms with van der Waals surface area (Å²) in [5, 5.41) is 3.94. The van der Waals surface area contributed by atoms with Gasteiger partial charge in [0.05, 0.1) is 5.56 Å². The van der Waals surface area contributed by atoms with Gasteiger partial charge in [0.1, 0.15) is 16.0 Å². The molecule has 2 aromatic rings. The predicted octanol–water partition coefficient (Wildman–Crippen LogP) is 4.02. The van der Waals surface area contributed by atoms with Gasteiger partial charge in [-0.05, 0) is 48.8 Å². The summed E-state index contributed by atoms with van der Waals surface area (Å²) in [6.45, 7) is 4.85. The Kier molecular flexibility index (Phi) is 6.38. The lowest BCUT2D eigenvalue weighted by atomic mass is 9.99. The topological polar surface area (TPSA) is 58.1 Å². The molecule has 1 N–H and O–H groups in total. The first kappa shape index (κ1) is 19.0. The molecule has 1 aliphatic rings. The molecule has 1 saturated heterocycles. The number of carbonyl (C=O) groups excluding carboxylic acids is 1. The van der Waals surface area contributed by atoms with Crippen LogP contribution in [0.25, 0.3) is 0 Å². The van der Waals surface area contributed by atoms with Gasteiger partial charge in [-0.2, -0.15) is 0 Å². The van der Waals surface area contributed by atoms with Crippen molar-refractivity contribution in [2.45, 2.75) is 31.3 Å². The Labute approximate surface area is 163 Å². The second kappa shape index (κ2) is 8.73. The molecular formula is C19H23ClN4OS. The minimum absolute atomic E-state index is 0.160. The number of hydrogen-bond acceptors (Lipinski definition) is 5. The Bertz CT molecular complexity index is 761. The van der Waals surface area contributed by atoms with E-state index in [2.05, 4.69) is 27.1 Å². The zero-order chi connectivity index (χ0) is 18.5. The number of pyridine rings is 2. The molecule has 1 aliphatic heterocycles. The first-order chi connectivity index (χ1) is 12.6. The van der Waals surface area contributed by atoms with Crippen molar-refractivity contribution in [3.63, 3.8) is 0 Å². The summed E-state index contributed by atoms with van der Waals surface area (Å²) < 4.78 is 0. The molecule has 3 rings (SSSR count).